The first kappa shape index (κ1) is 12.7. The lowest BCUT2D eigenvalue weighted by Gasteiger charge is -2.11. The van der Waals surface area contributed by atoms with Gasteiger partial charge in [0.2, 0.25) is 5.91 Å². The van der Waals surface area contributed by atoms with Crippen molar-refractivity contribution in [3.05, 3.63) is 18.0 Å². The van der Waals surface area contributed by atoms with Crippen LogP contribution in [0.15, 0.2) is 12.4 Å². The molecule has 0 bridgehead atoms. The molecule has 90 valence electrons. The second kappa shape index (κ2) is 7.00. The lowest BCUT2D eigenvalue weighted by atomic mass is 10.1. The van der Waals surface area contributed by atoms with Gasteiger partial charge in [0.05, 0.1) is 12.2 Å². The predicted octanol–water partition coefficient (Wildman–Crippen LogP) is 1.11. The van der Waals surface area contributed by atoms with Crippen LogP contribution >= 0.6 is 0 Å². The number of carbonyl (C=O) groups is 1. The molecule has 16 heavy (non-hydrogen) atoms. The van der Waals surface area contributed by atoms with E-state index in [1.54, 1.807) is 12.4 Å². The normalized spacial score (nSPS) is 12.4. The molecule has 1 atom stereocenters. The van der Waals surface area contributed by atoms with E-state index in [0.29, 0.717) is 13.0 Å². The van der Waals surface area contributed by atoms with Crippen LogP contribution in [-0.4, -0.2) is 22.6 Å². The van der Waals surface area contributed by atoms with E-state index in [1.807, 2.05) is 6.92 Å². The van der Waals surface area contributed by atoms with Crippen molar-refractivity contribution < 1.29 is 4.79 Å². The predicted molar refractivity (Wildman–Crippen MR) is 62.7 cm³/mol. The maximum Gasteiger partial charge on any atom is 0.220 e. The molecular weight excluding hydrogens is 204 g/mol. The number of hydrogen-bond acceptors (Lipinski definition) is 3. The molecule has 0 spiro atoms. The Morgan fingerprint density at radius 1 is 1.56 bits per heavy atom. The summed E-state index contributed by atoms with van der Waals surface area (Å²) in [4.78, 5) is 11.5. The van der Waals surface area contributed by atoms with Crippen LogP contribution in [0.25, 0.3) is 0 Å². The van der Waals surface area contributed by atoms with Crippen LogP contribution in [0, 0.1) is 0 Å². The summed E-state index contributed by atoms with van der Waals surface area (Å²) in [6.45, 7) is 2.65. The van der Waals surface area contributed by atoms with Crippen molar-refractivity contribution in [2.24, 2.45) is 5.73 Å². The minimum Gasteiger partial charge on any atom is -0.349 e. The zero-order chi connectivity index (χ0) is 11.8. The molecule has 0 fully saturated rings. The van der Waals surface area contributed by atoms with Gasteiger partial charge in [0, 0.05) is 18.2 Å². The number of hydrogen-bond donors (Lipinski definition) is 3. The van der Waals surface area contributed by atoms with Crippen LogP contribution in [0.2, 0.25) is 0 Å². The SMILES string of the molecule is CC(NC(=O)CCCCCN)c1cn[nH]c1. The van der Waals surface area contributed by atoms with Gasteiger partial charge in [-0.05, 0) is 26.3 Å². The van der Waals surface area contributed by atoms with Crippen LogP contribution in [0.3, 0.4) is 0 Å². The molecule has 1 aromatic rings. The van der Waals surface area contributed by atoms with E-state index in [1.165, 1.54) is 0 Å². The highest BCUT2D eigenvalue weighted by Crippen LogP contribution is 2.09. The number of nitrogens with one attached hydrogen (secondary N) is 2. The minimum absolute atomic E-state index is 0.0146. The summed E-state index contributed by atoms with van der Waals surface area (Å²) in [5.74, 6) is 0.0886. The van der Waals surface area contributed by atoms with Crippen molar-refractivity contribution in [2.75, 3.05) is 6.54 Å². The minimum atomic E-state index is 0.0146. The average Bonchev–Trinajstić information content (AvgIpc) is 2.77. The first-order chi connectivity index (χ1) is 7.74. The number of carbonyl (C=O) groups excluding carboxylic acids is 1. The van der Waals surface area contributed by atoms with Crippen molar-refractivity contribution in [3.8, 4) is 0 Å². The highest BCUT2D eigenvalue weighted by atomic mass is 16.1. The first-order valence-corrected chi connectivity index (χ1v) is 5.72. The highest BCUT2D eigenvalue weighted by molar-refractivity contribution is 5.76. The van der Waals surface area contributed by atoms with Gasteiger partial charge in [-0.25, -0.2) is 0 Å². The maximum atomic E-state index is 11.5. The fourth-order valence-electron chi connectivity index (χ4n) is 1.50. The summed E-state index contributed by atoms with van der Waals surface area (Å²) < 4.78 is 0. The number of unbranched alkanes of at least 4 members (excludes halogenated alkanes) is 2. The topological polar surface area (TPSA) is 83.8 Å². The third kappa shape index (κ3) is 4.44. The van der Waals surface area contributed by atoms with Gasteiger partial charge in [0.25, 0.3) is 0 Å². The van der Waals surface area contributed by atoms with E-state index < -0.39 is 0 Å². The smallest absolute Gasteiger partial charge is 0.220 e. The number of aromatic nitrogens is 2. The van der Waals surface area contributed by atoms with Gasteiger partial charge in [-0.3, -0.25) is 9.89 Å². The van der Waals surface area contributed by atoms with Gasteiger partial charge in [0.15, 0.2) is 0 Å². The summed E-state index contributed by atoms with van der Waals surface area (Å²) in [7, 11) is 0. The Bertz CT molecular complexity index is 297. The molecule has 0 saturated heterocycles. The van der Waals surface area contributed by atoms with Gasteiger partial charge in [-0.1, -0.05) is 6.42 Å². The van der Waals surface area contributed by atoms with Gasteiger partial charge in [-0.15, -0.1) is 0 Å². The zero-order valence-corrected chi connectivity index (χ0v) is 9.70. The number of nitrogens with two attached hydrogens (primary N) is 1. The summed E-state index contributed by atoms with van der Waals surface area (Å²) in [6.07, 6.45) is 7.00. The van der Waals surface area contributed by atoms with Crippen LogP contribution in [0.1, 0.15) is 44.2 Å². The summed E-state index contributed by atoms with van der Waals surface area (Å²) in [5.41, 5.74) is 6.37. The number of nitrogens with zero attached hydrogens (tertiary/aromatic N) is 1. The van der Waals surface area contributed by atoms with E-state index in [0.717, 1.165) is 24.8 Å². The molecule has 0 aliphatic rings. The standard InChI is InChI=1S/C11H20N4O/c1-9(10-7-13-14-8-10)15-11(16)5-3-2-4-6-12/h7-9H,2-6,12H2,1H3,(H,13,14)(H,15,16). The third-order valence-corrected chi connectivity index (χ3v) is 2.50. The summed E-state index contributed by atoms with van der Waals surface area (Å²) >= 11 is 0. The number of aromatic amines is 1. The molecule has 0 saturated carbocycles. The van der Waals surface area contributed by atoms with Crippen molar-refractivity contribution in [1.29, 1.82) is 0 Å². The number of rotatable bonds is 7. The molecule has 5 nitrogen and oxygen atoms in total. The first-order valence-electron chi connectivity index (χ1n) is 5.72. The Labute approximate surface area is 95.8 Å². The lowest BCUT2D eigenvalue weighted by molar-refractivity contribution is -0.121. The average molecular weight is 224 g/mol. The fourth-order valence-corrected chi connectivity index (χ4v) is 1.50. The molecule has 1 rings (SSSR count). The van der Waals surface area contributed by atoms with Crippen molar-refractivity contribution in [3.63, 3.8) is 0 Å². The van der Waals surface area contributed by atoms with E-state index in [2.05, 4.69) is 15.5 Å². The molecule has 0 aliphatic carbocycles. The third-order valence-electron chi connectivity index (χ3n) is 2.50. The summed E-state index contributed by atoms with van der Waals surface area (Å²) in [5, 5.41) is 9.50. The second-order valence-electron chi connectivity index (χ2n) is 3.92. The molecule has 1 heterocycles. The van der Waals surface area contributed by atoms with Crippen LogP contribution in [0.5, 0.6) is 0 Å². The monoisotopic (exact) mass is 224 g/mol. The van der Waals surface area contributed by atoms with Crippen molar-refractivity contribution in [1.82, 2.24) is 15.5 Å². The lowest BCUT2D eigenvalue weighted by Crippen LogP contribution is -2.26. The maximum absolute atomic E-state index is 11.5. The number of H-pyrrole nitrogens is 1. The van der Waals surface area contributed by atoms with Gasteiger partial charge in [-0.2, -0.15) is 5.10 Å². The Balaban J connectivity index is 2.19. The molecule has 1 unspecified atom stereocenters. The molecule has 1 amide bonds. The quantitative estimate of drug-likeness (QED) is 0.606. The Kier molecular flexibility index (Phi) is 5.56. The summed E-state index contributed by atoms with van der Waals surface area (Å²) in [6, 6.07) is 0.0146. The van der Waals surface area contributed by atoms with E-state index >= 15 is 0 Å². The number of amides is 1. The largest absolute Gasteiger partial charge is 0.349 e. The zero-order valence-electron chi connectivity index (χ0n) is 9.70. The van der Waals surface area contributed by atoms with Gasteiger partial charge < -0.3 is 11.1 Å². The van der Waals surface area contributed by atoms with Crippen LogP contribution < -0.4 is 11.1 Å². The van der Waals surface area contributed by atoms with Crippen LogP contribution in [-0.2, 0) is 4.79 Å². The Morgan fingerprint density at radius 2 is 2.38 bits per heavy atom. The van der Waals surface area contributed by atoms with E-state index in [9.17, 15) is 4.79 Å². The van der Waals surface area contributed by atoms with Crippen molar-refractivity contribution in [2.45, 2.75) is 38.6 Å². The molecule has 0 aliphatic heterocycles. The van der Waals surface area contributed by atoms with E-state index in [4.69, 9.17) is 5.73 Å². The van der Waals surface area contributed by atoms with Crippen molar-refractivity contribution >= 4 is 5.91 Å². The Hall–Kier alpha value is -1.36. The fraction of sp³-hybridized carbons (Fsp3) is 0.636. The molecule has 4 N–H and O–H groups in total. The second-order valence-corrected chi connectivity index (χ2v) is 3.92. The molecule has 5 heteroatoms. The Morgan fingerprint density at radius 3 is 3.00 bits per heavy atom. The van der Waals surface area contributed by atoms with E-state index in [-0.39, 0.29) is 11.9 Å². The molecular formula is C11H20N4O. The van der Waals surface area contributed by atoms with Gasteiger partial charge in [0.1, 0.15) is 0 Å². The molecule has 0 aromatic carbocycles. The molecule has 0 radical (unpaired) electrons. The van der Waals surface area contributed by atoms with Crippen LogP contribution in [0.4, 0.5) is 0 Å². The highest BCUT2D eigenvalue weighted by Gasteiger charge is 2.09. The molecule has 1 aromatic heterocycles. The van der Waals surface area contributed by atoms with Gasteiger partial charge >= 0.3 is 0 Å².